The number of nitrogens with zero attached hydrogens (tertiary/aromatic N) is 1. The van der Waals surface area contributed by atoms with Crippen molar-refractivity contribution in [3.63, 3.8) is 0 Å². The standard InChI is InChI=1S/C26H26ClNO6/c1-6-26(25(31)32,34-22(29)13-15(2)3)23-16(4)28(21-12-11-19(33-5)14-20(21)23)24(30)17-7-9-18(27)10-8-17/h7-14H,6H2,1-5H3,(H,31,32). The normalized spacial score (nSPS) is 12.6. The van der Waals surface area contributed by atoms with Gasteiger partial charge in [0, 0.05) is 33.3 Å². The number of carbonyl (C=O) groups is 3. The molecule has 1 atom stereocenters. The SMILES string of the molecule is CCC(OC(=O)C=C(C)C)(C(=O)O)c1c(C)n(C(=O)c2ccc(Cl)cc2)c2ccc(OC)cc12. The van der Waals surface area contributed by atoms with Crippen molar-refractivity contribution in [3.05, 3.63) is 76.0 Å². The molecule has 178 valence electrons. The Hall–Kier alpha value is -3.58. The number of ether oxygens (including phenoxy) is 2. The summed E-state index contributed by atoms with van der Waals surface area (Å²) in [7, 11) is 1.49. The van der Waals surface area contributed by atoms with Gasteiger partial charge in [0.15, 0.2) is 0 Å². The molecular formula is C26H26ClNO6. The molecule has 7 nitrogen and oxygen atoms in total. The number of aliphatic carboxylic acids is 1. The molecule has 1 aromatic heterocycles. The van der Waals surface area contributed by atoms with Gasteiger partial charge in [0.25, 0.3) is 5.91 Å². The molecule has 0 saturated heterocycles. The summed E-state index contributed by atoms with van der Waals surface area (Å²) in [5.74, 6) is -2.02. The molecule has 1 heterocycles. The Morgan fingerprint density at radius 3 is 2.29 bits per heavy atom. The van der Waals surface area contributed by atoms with Crippen molar-refractivity contribution < 1.29 is 29.0 Å². The number of halogens is 1. The topological polar surface area (TPSA) is 94.8 Å². The fourth-order valence-corrected chi connectivity index (χ4v) is 4.18. The molecule has 3 aromatic rings. The van der Waals surface area contributed by atoms with E-state index < -0.39 is 17.5 Å². The van der Waals surface area contributed by atoms with E-state index in [1.165, 1.54) is 17.8 Å². The van der Waals surface area contributed by atoms with E-state index in [0.29, 0.717) is 38.5 Å². The van der Waals surface area contributed by atoms with Crippen LogP contribution in [0.5, 0.6) is 5.75 Å². The average Bonchev–Trinajstić information content (AvgIpc) is 3.08. The quantitative estimate of drug-likeness (QED) is 0.352. The number of carboxylic acids is 1. The minimum atomic E-state index is -2.02. The van der Waals surface area contributed by atoms with Crippen LogP contribution in [0.2, 0.25) is 5.02 Å². The molecule has 34 heavy (non-hydrogen) atoms. The molecule has 0 spiro atoms. The number of rotatable bonds is 7. The monoisotopic (exact) mass is 483 g/mol. The second-order valence-electron chi connectivity index (χ2n) is 8.12. The predicted octanol–water partition coefficient (Wildman–Crippen LogP) is 5.50. The number of aromatic nitrogens is 1. The second kappa shape index (κ2) is 9.73. The van der Waals surface area contributed by atoms with Crippen LogP contribution >= 0.6 is 11.6 Å². The largest absolute Gasteiger partial charge is 0.497 e. The molecule has 0 fully saturated rings. The van der Waals surface area contributed by atoms with Gasteiger partial charge in [0.2, 0.25) is 5.60 Å². The molecule has 8 heteroatoms. The predicted molar refractivity (Wildman–Crippen MR) is 130 cm³/mol. The van der Waals surface area contributed by atoms with Crippen LogP contribution in [-0.4, -0.2) is 34.6 Å². The van der Waals surface area contributed by atoms with Crippen molar-refractivity contribution in [2.45, 2.75) is 39.7 Å². The van der Waals surface area contributed by atoms with Crippen LogP contribution in [0.1, 0.15) is 48.8 Å². The molecule has 1 N–H and O–H groups in total. The highest BCUT2D eigenvalue weighted by Crippen LogP contribution is 2.41. The summed E-state index contributed by atoms with van der Waals surface area (Å²) in [6.45, 7) is 6.68. The zero-order valence-corrected chi connectivity index (χ0v) is 20.4. The number of esters is 1. The maximum Gasteiger partial charge on any atom is 0.353 e. The maximum absolute atomic E-state index is 13.5. The Labute approximate surface area is 202 Å². The molecule has 0 saturated carbocycles. The van der Waals surface area contributed by atoms with Crippen molar-refractivity contribution in [1.82, 2.24) is 4.57 Å². The fourth-order valence-electron chi connectivity index (χ4n) is 4.06. The number of carboxylic acid groups (broad SMARTS) is 1. The number of methoxy groups -OCH3 is 1. The van der Waals surface area contributed by atoms with Crippen molar-refractivity contribution in [2.24, 2.45) is 0 Å². The van der Waals surface area contributed by atoms with Crippen LogP contribution in [0.15, 0.2) is 54.1 Å². The summed E-state index contributed by atoms with van der Waals surface area (Å²) in [6.07, 6.45) is 1.18. The van der Waals surface area contributed by atoms with Gasteiger partial charge in [-0.05, 0) is 69.7 Å². The number of benzene rings is 2. The molecule has 3 rings (SSSR count). The molecule has 2 aromatic carbocycles. The third kappa shape index (κ3) is 4.43. The summed E-state index contributed by atoms with van der Waals surface area (Å²) < 4.78 is 12.4. The second-order valence-corrected chi connectivity index (χ2v) is 8.56. The Morgan fingerprint density at radius 1 is 1.12 bits per heavy atom. The van der Waals surface area contributed by atoms with E-state index in [9.17, 15) is 19.5 Å². The van der Waals surface area contributed by atoms with Crippen LogP contribution in [0.4, 0.5) is 0 Å². The number of carbonyl (C=O) groups excluding carboxylic acids is 2. The lowest BCUT2D eigenvalue weighted by molar-refractivity contribution is -0.177. The average molecular weight is 484 g/mol. The minimum absolute atomic E-state index is 0.0586. The lowest BCUT2D eigenvalue weighted by Crippen LogP contribution is -2.40. The van der Waals surface area contributed by atoms with Crippen LogP contribution < -0.4 is 4.74 Å². The molecule has 0 bridgehead atoms. The zero-order chi connectivity index (χ0) is 25.2. The first kappa shape index (κ1) is 25.1. The molecule has 0 aliphatic carbocycles. The van der Waals surface area contributed by atoms with Gasteiger partial charge < -0.3 is 14.6 Å². The molecule has 0 radical (unpaired) electrons. The molecule has 0 aliphatic rings. The number of hydrogen-bond acceptors (Lipinski definition) is 5. The van der Waals surface area contributed by atoms with E-state index in [1.807, 2.05) is 0 Å². The van der Waals surface area contributed by atoms with Gasteiger partial charge in [-0.1, -0.05) is 24.1 Å². The summed E-state index contributed by atoms with van der Waals surface area (Å²) in [5, 5.41) is 11.3. The molecule has 0 aliphatic heterocycles. The number of fused-ring (bicyclic) bond motifs is 1. The summed E-state index contributed by atoms with van der Waals surface area (Å²) in [6, 6.07) is 11.4. The van der Waals surface area contributed by atoms with Gasteiger partial charge in [-0.3, -0.25) is 9.36 Å². The van der Waals surface area contributed by atoms with Gasteiger partial charge in [0.05, 0.1) is 12.6 Å². The Morgan fingerprint density at radius 2 is 1.76 bits per heavy atom. The highest BCUT2D eigenvalue weighted by molar-refractivity contribution is 6.30. The Kier molecular flexibility index (Phi) is 7.17. The van der Waals surface area contributed by atoms with E-state index in [0.717, 1.165) is 0 Å². The van der Waals surface area contributed by atoms with Crippen molar-refractivity contribution in [2.75, 3.05) is 7.11 Å². The van der Waals surface area contributed by atoms with E-state index in [-0.39, 0.29) is 17.9 Å². The lowest BCUT2D eigenvalue weighted by Gasteiger charge is -2.28. The van der Waals surface area contributed by atoms with Crippen LogP contribution in [0.3, 0.4) is 0 Å². The minimum Gasteiger partial charge on any atom is -0.497 e. The van der Waals surface area contributed by atoms with Gasteiger partial charge in [-0.25, -0.2) is 9.59 Å². The van der Waals surface area contributed by atoms with Crippen molar-refractivity contribution in [3.8, 4) is 5.75 Å². The van der Waals surface area contributed by atoms with Crippen LogP contribution in [-0.2, 0) is 19.9 Å². The van der Waals surface area contributed by atoms with Crippen LogP contribution in [0.25, 0.3) is 10.9 Å². The third-order valence-electron chi connectivity index (χ3n) is 5.63. The van der Waals surface area contributed by atoms with Gasteiger partial charge in [-0.2, -0.15) is 0 Å². The first-order chi connectivity index (χ1) is 16.0. The van der Waals surface area contributed by atoms with Gasteiger partial charge >= 0.3 is 11.9 Å². The number of hydrogen-bond donors (Lipinski definition) is 1. The smallest absolute Gasteiger partial charge is 0.353 e. The van der Waals surface area contributed by atoms with E-state index in [2.05, 4.69) is 0 Å². The molecule has 1 unspecified atom stereocenters. The van der Waals surface area contributed by atoms with E-state index in [4.69, 9.17) is 21.1 Å². The highest BCUT2D eigenvalue weighted by atomic mass is 35.5. The zero-order valence-electron chi connectivity index (χ0n) is 19.6. The van der Waals surface area contributed by atoms with Gasteiger partial charge in [0.1, 0.15) is 5.75 Å². The molecular weight excluding hydrogens is 458 g/mol. The van der Waals surface area contributed by atoms with E-state index in [1.54, 1.807) is 70.2 Å². The van der Waals surface area contributed by atoms with Crippen LogP contribution in [0, 0.1) is 6.92 Å². The highest BCUT2D eigenvalue weighted by Gasteiger charge is 2.47. The summed E-state index contributed by atoms with van der Waals surface area (Å²) in [4.78, 5) is 38.8. The maximum atomic E-state index is 13.5. The lowest BCUT2D eigenvalue weighted by atomic mass is 9.88. The van der Waals surface area contributed by atoms with E-state index >= 15 is 0 Å². The van der Waals surface area contributed by atoms with Crippen molar-refractivity contribution in [1.29, 1.82) is 0 Å². The first-order valence-electron chi connectivity index (χ1n) is 10.7. The van der Waals surface area contributed by atoms with Gasteiger partial charge in [-0.15, -0.1) is 0 Å². The number of allylic oxidation sites excluding steroid dienone is 1. The Bertz CT molecular complexity index is 1300. The van der Waals surface area contributed by atoms with Crippen molar-refractivity contribution >= 4 is 40.3 Å². The first-order valence-corrected chi connectivity index (χ1v) is 11.0. The fraction of sp³-hybridized carbons (Fsp3) is 0.269. The summed E-state index contributed by atoms with van der Waals surface area (Å²) in [5.41, 5.74) is 0.0330. The third-order valence-corrected chi connectivity index (χ3v) is 5.89. The Balaban J connectivity index is 2.36. The summed E-state index contributed by atoms with van der Waals surface area (Å²) >= 11 is 5.97. The molecule has 0 amide bonds.